The van der Waals surface area contributed by atoms with Gasteiger partial charge in [-0.15, -0.1) is 0 Å². The van der Waals surface area contributed by atoms with E-state index in [-0.39, 0.29) is 0 Å². The molecule has 0 spiro atoms. The first-order valence-corrected chi connectivity index (χ1v) is 11.0. The standard InChI is InChI=1S/C24H33N3O2/c1-2-6-20(7-3-1)8-5-13-28-18-21-10-12-27(17-21)23-14-24(16-25-15-23)29-19-22-9-4-11-26-22/h1-3,6-7,14-16,21-22,26H,4-5,8-13,17-19H2/t21?,22-/m0/s1. The highest BCUT2D eigenvalue weighted by molar-refractivity contribution is 5.49. The predicted molar refractivity (Wildman–Crippen MR) is 117 cm³/mol. The summed E-state index contributed by atoms with van der Waals surface area (Å²) < 4.78 is 11.9. The summed E-state index contributed by atoms with van der Waals surface area (Å²) in [5.41, 5.74) is 2.55. The van der Waals surface area contributed by atoms with E-state index >= 15 is 0 Å². The van der Waals surface area contributed by atoms with Gasteiger partial charge < -0.3 is 19.7 Å². The lowest BCUT2D eigenvalue weighted by Crippen LogP contribution is -2.28. The molecule has 5 nitrogen and oxygen atoms in total. The van der Waals surface area contributed by atoms with Gasteiger partial charge in [-0.05, 0) is 44.2 Å². The van der Waals surface area contributed by atoms with E-state index in [0.29, 0.717) is 12.0 Å². The van der Waals surface area contributed by atoms with Crippen LogP contribution in [0.4, 0.5) is 5.69 Å². The van der Waals surface area contributed by atoms with Crippen LogP contribution in [0, 0.1) is 5.92 Å². The molecule has 29 heavy (non-hydrogen) atoms. The van der Waals surface area contributed by atoms with Crippen LogP contribution >= 0.6 is 0 Å². The Hall–Kier alpha value is -2.11. The van der Waals surface area contributed by atoms with Crippen molar-refractivity contribution in [2.75, 3.05) is 44.4 Å². The summed E-state index contributed by atoms with van der Waals surface area (Å²) >= 11 is 0. The summed E-state index contributed by atoms with van der Waals surface area (Å²) in [6.07, 6.45) is 9.57. The van der Waals surface area contributed by atoms with Gasteiger partial charge in [0.05, 0.1) is 24.7 Å². The Kier molecular flexibility index (Phi) is 7.38. The maximum absolute atomic E-state index is 5.97. The maximum atomic E-state index is 5.97. The molecule has 0 bridgehead atoms. The number of hydrogen-bond donors (Lipinski definition) is 1. The van der Waals surface area contributed by atoms with Crippen molar-refractivity contribution >= 4 is 5.69 Å². The van der Waals surface area contributed by atoms with Gasteiger partial charge >= 0.3 is 0 Å². The highest BCUT2D eigenvalue weighted by Crippen LogP contribution is 2.26. The van der Waals surface area contributed by atoms with Gasteiger partial charge in [-0.3, -0.25) is 4.98 Å². The van der Waals surface area contributed by atoms with E-state index in [9.17, 15) is 0 Å². The van der Waals surface area contributed by atoms with Crippen molar-refractivity contribution in [2.45, 2.75) is 38.1 Å². The largest absolute Gasteiger partial charge is 0.490 e. The Balaban J connectivity index is 1.16. The molecule has 0 aliphatic carbocycles. The number of benzene rings is 1. The second kappa shape index (κ2) is 10.6. The molecule has 0 radical (unpaired) electrons. The van der Waals surface area contributed by atoms with E-state index in [1.807, 2.05) is 12.4 Å². The van der Waals surface area contributed by atoms with Gasteiger partial charge in [-0.2, -0.15) is 0 Å². The molecule has 2 aromatic rings. The number of rotatable bonds is 10. The van der Waals surface area contributed by atoms with Crippen molar-refractivity contribution in [3.8, 4) is 5.75 Å². The van der Waals surface area contributed by atoms with Crippen LogP contribution in [-0.4, -0.2) is 50.5 Å². The first-order chi connectivity index (χ1) is 14.4. The molecule has 2 fully saturated rings. The lowest BCUT2D eigenvalue weighted by molar-refractivity contribution is 0.104. The zero-order chi connectivity index (χ0) is 19.7. The van der Waals surface area contributed by atoms with Crippen molar-refractivity contribution in [1.29, 1.82) is 0 Å². The molecule has 2 saturated heterocycles. The molecule has 5 heteroatoms. The summed E-state index contributed by atoms with van der Waals surface area (Å²) in [6, 6.07) is 13.2. The Morgan fingerprint density at radius 1 is 1.10 bits per heavy atom. The van der Waals surface area contributed by atoms with Gasteiger partial charge in [0.15, 0.2) is 0 Å². The molecular weight excluding hydrogens is 362 g/mol. The molecule has 0 amide bonds. The summed E-state index contributed by atoms with van der Waals surface area (Å²) in [5, 5.41) is 3.47. The molecule has 2 aliphatic rings. The molecule has 1 N–H and O–H groups in total. The van der Waals surface area contributed by atoms with E-state index in [0.717, 1.165) is 63.7 Å². The van der Waals surface area contributed by atoms with Crippen LogP contribution in [-0.2, 0) is 11.2 Å². The Labute approximate surface area is 174 Å². The zero-order valence-electron chi connectivity index (χ0n) is 17.3. The van der Waals surface area contributed by atoms with Gasteiger partial charge in [0.25, 0.3) is 0 Å². The van der Waals surface area contributed by atoms with Crippen LogP contribution in [0.5, 0.6) is 5.75 Å². The van der Waals surface area contributed by atoms with Crippen molar-refractivity contribution in [2.24, 2.45) is 5.92 Å². The number of aromatic nitrogens is 1. The Morgan fingerprint density at radius 3 is 2.90 bits per heavy atom. The lowest BCUT2D eigenvalue weighted by atomic mass is 10.1. The third-order valence-electron chi connectivity index (χ3n) is 5.91. The van der Waals surface area contributed by atoms with Crippen molar-refractivity contribution in [1.82, 2.24) is 10.3 Å². The SMILES string of the molecule is c1ccc(CCCOCC2CCN(c3cncc(OC[C@@H]4CCCN4)c3)C2)cc1. The Morgan fingerprint density at radius 2 is 2.03 bits per heavy atom. The number of hydrogen-bond acceptors (Lipinski definition) is 5. The van der Waals surface area contributed by atoms with Crippen LogP contribution in [0.1, 0.15) is 31.2 Å². The van der Waals surface area contributed by atoms with Gasteiger partial charge in [-0.25, -0.2) is 0 Å². The first-order valence-electron chi connectivity index (χ1n) is 11.0. The monoisotopic (exact) mass is 395 g/mol. The third-order valence-corrected chi connectivity index (χ3v) is 5.91. The molecule has 4 rings (SSSR count). The minimum Gasteiger partial charge on any atom is -0.490 e. The minimum absolute atomic E-state index is 0.480. The number of pyridine rings is 1. The topological polar surface area (TPSA) is 46.6 Å². The lowest BCUT2D eigenvalue weighted by Gasteiger charge is -2.19. The summed E-state index contributed by atoms with van der Waals surface area (Å²) in [5.74, 6) is 1.47. The first kappa shape index (κ1) is 20.2. The fourth-order valence-electron chi connectivity index (χ4n) is 4.23. The molecule has 1 unspecified atom stereocenters. The van der Waals surface area contributed by atoms with Crippen LogP contribution in [0.2, 0.25) is 0 Å². The average molecular weight is 396 g/mol. The number of ether oxygens (including phenoxy) is 2. The quantitative estimate of drug-likeness (QED) is 0.622. The number of nitrogens with one attached hydrogen (secondary N) is 1. The van der Waals surface area contributed by atoms with Crippen molar-refractivity contribution < 1.29 is 9.47 Å². The highest BCUT2D eigenvalue weighted by Gasteiger charge is 2.23. The second-order valence-electron chi connectivity index (χ2n) is 8.25. The smallest absolute Gasteiger partial charge is 0.139 e. The minimum atomic E-state index is 0.480. The maximum Gasteiger partial charge on any atom is 0.139 e. The van der Waals surface area contributed by atoms with Gasteiger partial charge in [-0.1, -0.05) is 30.3 Å². The second-order valence-corrected chi connectivity index (χ2v) is 8.25. The van der Waals surface area contributed by atoms with E-state index < -0.39 is 0 Å². The summed E-state index contributed by atoms with van der Waals surface area (Å²) in [4.78, 5) is 6.80. The summed E-state index contributed by atoms with van der Waals surface area (Å²) in [6.45, 7) is 5.62. The van der Waals surface area contributed by atoms with E-state index in [1.165, 1.54) is 24.8 Å². The van der Waals surface area contributed by atoms with Crippen LogP contribution in [0.25, 0.3) is 0 Å². The van der Waals surface area contributed by atoms with Crippen molar-refractivity contribution in [3.63, 3.8) is 0 Å². The normalized spacial score (nSPS) is 21.6. The third kappa shape index (κ3) is 6.18. The van der Waals surface area contributed by atoms with Crippen LogP contribution < -0.4 is 15.0 Å². The molecule has 1 aromatic carbocycles. The molecule has 0 saturated carbocycles. The van der Waals surface area contributed by atoms with Crippen LogP contribution in [0.15, 0.2) is 48.8 Å². The molecular formula is C24H33N3O2. The zero-order valence-corrected chi connectivity index (χ0v) is 17.3. The number of aryl methyl sites for hydroxylation is 1. The fourth-order valence-corrected chi connectivity index (χ4v) is 4.23. The van der Waals surface area contributed by atoms with E-state index in [1.54, 1.807) is 0 Å². The van der Waals surface area contributed by atoms with Gasteiger partial charge in [0.1, 0.15) is 12.4 Å². The van der Waals surface area contributed by atoms with E-state index in [2.05, 4.69) is 51.6 Å². The highest BCUT2D eigenvalue weighted by atomic mass is 16.5. The fraction of sp³-hybridized carbons (Fsp3) is 0.542. The Bertz CT molecular complexity index is 734. The number of nitrogens with zero attached hydrogens (tertiary/aromatic N) is 2. The molecule has 156 valence electrons. The van der Waals surface area contributed by atoms with Crippen LogP contribution in [0.3, 0.4) is 0 Å². The summed E-state index contributed by atoms with van der Waals surface area (Å²) in [7, 11) is 0. The van der Waals surface area contributed by atoms with E-state index in [4.69, 9.17) is 9.47 Å². The molecule has 2 aliphatic heterocycles. The number of anilines is 1. The molecule has 3 heterocycles. The van der Waals surface area contributed by atoms with Gasteiger partial charge in [0, 0.05) is 37.7 Å². The van der Waals surface area contributed by atoms with Gasteiger partial charge in [0.2, 0.25) is 0 Å². The van der Waals surface area contributed by atoms with Crippen molar-refractivity contribution in [3.05, 3.63) is 54.4 Å². The molecule has 1 aromatic heterocycles. The average Bonchev–Trinajstić information content (AvgIpc) is 3.45. The molecule has 2 atom stereocenters. The predicted octanol–water partition coefficient (Wildman–Crippen LogP) is 3.69.